The predicted molar refractivity (Wildman–Crippen MR) is 120 cm³/mol. The molecule has 0 fully saturated rings. The smallest absolute Gasteiger partial charge is 0.191 e. The molecule has 8 heteroatoms. The Morgan fingerprint density at radius 2 is 1.97 bits per heavy atom. The molecule has 0 saturated carbocycles. The maximum Gasteiger partial charge on any atom is 0.191 e. The normalized spacial score (nSPS) is 13.4. The third-order valence-corrected chi connectivity index (χ3v) is 4.78. The standard InChI is InChI=1S/C21H22FN3O3.HI/c1-13-17-5-3-4-6-18(17)28-19(13)10-25-21(23-2)24-9-14-7-16(22)8-15-11-26-12-27-20(14)15;/h3-8H,9-12H2,1-2H3,(H2,23,24,25);1H. The zero-order valence-electron chi connectivity index (χ0n) is 16.3. The molecule has 6 nitrogen and oxygen atoms in total. The summed E-state index contributed by atoms with van der Waals surface area (Å²) < 4.78 is 30.6. The van der Waals surface area contributed by atoms with Crippen LogP contribution in [0.15, 0.2) is 45.8 Å². The molecule has 2 heterocycles. The van der Waals surface area contributed by atoms with Crippen molar-refractivity contribution in [3.8, 4) is 5.75 Å². The van der Waals surface area contributed by atoms with Crippen LogP contribution in [-0.4, -0.2) is 19.8 Å². The zero-order chi connectivity index (χ0) is 19.5. The number of benzene rings is 2. The van der Waals surface area contributed by atoms with E-state index in [0.29, 0.717) is 37.0 Å². The number of halogens is 2. The number of hydrogen-bond acceptors (Lipinski definition) is 4. The highest BCUT2D eigenvalue weighted by molar-refractivity contribution is 14.0. The van der Waals surface area contributed by atoms with Crippen molar-refractivity contribution in [3.05, 3.63) is 64.7 Å². The fourth-order valence-electron chi connectivity index (χ4n) is 3.35. The van der Waals surface area contributed by atoms with Crippen LogP contribution < -0.4 is 15.4 Å². The monoisotopic (exact) mass is 511 g/mol. The molecule has 0 atom stereocenters. The first-order valence-corrected chi connectivity index (χ1v) is 9.09. The number of hydrogen-bond donors (Lipinski definition) is 2. The second kappa shape index (κ2) is 9.45. The average Bonchev–Trinajstić information content (AvgIpc) is 3.04. The highest BCUT2D eigenvalue weighted by atomic mass is 127. The largest absolute Gasteiger partial charge is 0.467 e. The van der Waals surface area contributed by atoms with Gasteiger partial charge in [-0.1, -0.05) is 18.2 Å². The van der Waals surface area contributed by atoms with Crippen LogP contribution in [0.3, 0.4) is 0 Å². The Kier molecular flexibility index (Phi) is 6.96. The van der Waals surface area contributed by atoms with Crippen molar-refractivity contribution in [1.82, 2.24) is 10.6 Å². The third kappa shape index (κ3) is 4.64. The average molecular weight is 511 g/mol. The molecule has 0 unspecified atom stereocenters. The summed E-state index contributed by atoms with van der Waals surface area (Å²) in [5, 5.41) is 7.54. The van der Waals surface area contributed by atoms with Gasteiger partial charge >= 0.3 is 0 Å². The number of nitrogens with zero attached hydrogens (tertiary/aromatic N) is 1. The highest BCUT2D eigenvalue weighted by Crippen LogP contribution is 2.29. The lowest BCUT2D eigenvalue weighted by Crippen LogP contribution is -2.36. The maximum absolute atomic E-state index is 13.9. The van der Waals surface area contributed by atoms with Crippen molar-refractivity contribution in [2.24, 2.45) is 4.99 Å². The van der Waals surface area contributed by atoms with Gasteiger partial charge in [0.1, 0.15) is 22.9 Å². The number of fused-ring (bicyclic) bond motifs is 2. The maximum atomic E-state index is 13.9. The van der Waals surface area contributed by atoms with Gasteiger partial charge in [0.2, 0.25) is 0 Å². The van der Waals surface area contributed by atoms with Gasteiger partial charge in [-0.3, -0.25) is 4.99 Å². The van der Waals surface area contributed by atoms with Gasteiger partial charge in [-0.15, -0.1) is 24.0 Å². The molecule has 1 aliphatic rings. The van der Waals surface area contributed by atoms with Gasteiger partial charge < -0.3 is 24.5 Å². The van der Waals surface area contributed by atoms with Gasteiger partial charge in [0.15, 0.2) is 12.8 Å². The molecular weight excluding hydrogens is 488 g/mol. The second-order valence-corrected chi connectivity index (χ2v) is 6.59. The molecule has 2 N–H and O–H groups in total. The van der Waals surface area contributed by atoms with E-state index in [1.165, 1.54) is 12.1 Å². The summed E-state index contributed by atoms with van der Waals surface area (Å²) in [5.41, 5.74) is 3.40. The van der Waals surface area contributed by atoms with E-state index < -0.39 is 0 Å². The molecule has 2 aromatic carbocycles. The van der Waals surface area contributed by atoms with Crippen LogP contribution in [-0.2, 0) is 24.4 Å². The Morgan fingerprint density at radius 1 is 1.17 bits per heavy atom. The first kappa shape index (κ1) is 21.4. The van der Waals surface area contributed by atoms with E-state index in [1.54, 1.807) is 7.05 Å². The molecule has 29 heavy (non-hydrogen) atoms. The van der Waals surface area contributed by atoms with Crippen molar-refractivity contribution in [2.45, 2.75) is 26.6 Å². The lowest BCUT2D eigenvalue weighted by atomic mass is 10.1. The number of aryl methyl sites for hydroxylation is 1. The number of ether oxygens (including phenoxy) is 2. The topological polar surface area (TPSA) is 68.0 Å². The third-order valence-electron chi connectivity index (χ3n) is 4.78. The number of aliphatic imine (C=N–C) groups is 1. The van der Waals surface area contributed by atoms with Gasteiger partial charge in [0.05, 0.1) is 13.2 Å². The van der Waals surface area contributed by atoms with Crippen molar-refractivity contribution < 1.29 is 18.3 Å². The van der Waals surface area contributed by atoms with E-state index in [-0.39, 0.29) is 36.6 Å². The van der Waals surface area contributed by atoms with Crippen LogP contribution in [0, 0.1) is 12.7 Å². The molecular formula is C21H23FIN3O3. The van der Waals surface area contributed by atoms with E-state index in [0.717, 1.165) is 27.9 Å². The minimum atomic E-state index is -0.314. The van der Waals surface area contributed by atoms with Crippen LogP contribution in [0.4, 0.5) is 4.39 Å². The summed E-state index contributed by atoms with van der Waals surface area (Å²) in [6.07, 6.45) is 0. The Hall–Kier alpha value is -2.33. The Labute approximate surface area is 185 Å². The molecule has 0 bridgehead atoms. The van der Waals surface area contributed by atoms with Crippen molar-refractivity contribution in [2.75, 3.05) is 13.8 Å². The number of para-hydroxylation sites is 1. The summed E-state index contributed by atoms with van der Waals surface area (Å²) in [6, 6.07) is 10.9. The van der Waals surface area contributed by atoms with Crippen LogP contribution in [0.5, 0.6) is 5.75 Å². The van der Waals surface area contributed by atoms with Crippen LogP contribution >= 0.6 is 24.0 Å². The number of furan rings is 1. The molecule has 154 valence electrons. The molecule has 0 aliphatic carbocycles. The minimum absolute atomic E-state index is 0. The van der Waals surface area contributed by atoms with E-state index in [9.17, 15) is 4.39 Å². The van der Waals surface area contributed by atoms with Gasteiger partial charge in [-0.2, -0.15) is 0 Å². The Morgan fingerprint density at radius 3 is 2.76 bits per heavy atom. The zero-order valence-corrected chi connectivity index (χ0v) is 18.6. The molecule has 0 saturated heterocycles. The minimum Gasteiger partial charge on any atom is -0.467 e. The molecule has 0 radical (unpaired) electrons. The molecule has 3 aromatic rings. The lowest BCUT2D eigenvalue weighted by molar-refractivity contribution is -0.0172. The summed E-state index contributed by atoms with van der Waals surface area (Å²) in [5.74, 6) is 1.80. The van der Waals surface area contributed by atoms with Crippen LogP contribution in [0.1, 0.15) is 22.5 Å². The molecule has 0 spiro atoms. The van der Waals surface area contributed by atoms with Gasteiger partial charge in [-0.25, -0.2) is 4.39 Å². The first-order chi connectivity index (χ1) is 13.7. The number of rotatable bonds is 4. The SMILES string of the molecule is CN=C(NCc1cc(F)cc2c1OCOC2)NCc1oc2ccccc2c1C.I. The van der Waals surface area contributed by atoms with Crippen LogP contribution in [0.2, 0.25) is 0 Å². The van der Waals surface area contributed by atoms with E-state index >= 15 is 0 Å². The summed E-state index contributed by atoms with van der Waals surface area (Å²) >= 11 is 0. The van der Waals surface area contributed by atoms with Crippen molar-refractivity contribution in [3.63, 3.8) is 0 Å². The molecule has 4 rings (SSSR count). The highest BCUT2D eigenvalue weighted by Gasteiger charge is 2.17. The van der Waals surface area contributed by atoms with Crippen molar-refractivity contribution in [1.29, 1.82) is 0 Å². The summed E-state index contributed by atoms with van der Waals surface area (Å²) in [6.45, 7) is 3.42. The van der Waals surface area contributed by atoms with E-state index in [2.05, 4.69) is 15.6 Å². The Bertz CT molecular complexity index is 1040. The molecule has 1 aliphatic heterocycles. The lowest BCUT2D eigenvalue weighted by Gasteiger charge is -2.21. The fourth-order valence-corrected chi connectivity index (χ4v) is 3.35. The Balaban J connectivity index is 0.00000240. The number of nitrogens with one attached hydrogen (secondary N) is 2. The molecule has 0 amide bonds. The van der Waals surface area contributed by atoms with E-state index in [4.69, 9.17) is 13.9 Å². The van der Waals surface area contributed by atoms with Gasteiger partial charge in [0.25, 0.3) is 0 Å². The van der Waals surface area contributed by atoms with Gasteiger partial charge in [-0.05, 0) is 25.1 Å². The van der Waals surface area contributed by atoms with Gasteiger partial charge in [0, 0.05) is 35.7 Å². The summed E-state index contributed by atoms with van der Waals surface area (Å²) in [4.78, 5) is 4.23. The fraction of sp³-hybridized carbons (Fsp3) is 0.286. The second-order valence-electron chi connectivity index (χ2n) is 6.59. The van der Waals surface area contributed by atoms with Crippen molar-refractivity contribution >= 4 is 40.9 Å². The predicted octanol–water partition coefficient (Wildman–Crippen LogP) is 4.23. The van der Waals surface area contributed by atoms with Crippen LogP contribution in [0.25, 0.3) is 11.0 Å². The summed E-state index contributed by atoms with van der Waals surface area (Å²) in [7, 11) is 1.69. The first-order valence-electron chi connectivity index (χ1n) is 9.09. The molecule has 1 aromatic heterocycles. The quantitative estimate of drug-likeness (QED) is 0.312. The van der Waals surface area contributed by atoms with E-state index in [1.807, 2.05) is 31.2 Å². The number of guanidine groups is 1.